The molecule has 0 N–H and O–H groups in total. The lowest BCUT2D eigenvalue weighted by molar-refractivity contribution is -0.137. The number of rotatable bonds is 4. The number of hydrogen-bond donors (Lipinski definition) is 0. The molecule has 0 amide bonds. The molecule has 1 aromatic rings. The van der Waals surface area contributed by atoms with E-state index in [9.17, 15) is 14.0 Å². The predicted octanol–water partition coefficient (Wildman–Crippen LogP) is 1.90. The van der Waals surface area contributed by atoms with Gasteiger partial charge in [0.2, 0.25) is 0 Å². The van der Waals surface area contributed by atoms with Gasteiger partial charge in [-0.3, -0.25) is 9.59 Å². The van der Waals surface area contributed by atoms with Crippen LogP contribution in [-0.2, 0) is 9.53 Å². The summed E-state index contributed by atoms with van der Waals surface area (Å²) in [4.78, 5) is 21.9. The van der Waals surface area contributed by atoms with Crippen molar-refractivity contribution >= 4 is 24.0 Å². The molecule has 0 aliphatic rings. The van der Waals surface area contributed by atoms with Crippen molar-refractivity contribution in [2.24, 2.45) is 0 Å². The van der Waals surface area contributed by atoms with Crippen molar-refractivity contribution in [3.05, 3.63) is 29.6 Å². The summed E-state index contributed by atoms with van der Waals surface area (Å²) in [6.45, 7) is 0. The van der Waals surface area contributed by atoms with Gasteiger partial charge in [0, 0.05) is 4.90 Å². The molecule has 0 spiro atoms. The van der Waals surface area contributed by atoms with Crippen molar-refractivity contribution in [1.82, 2.24) is 0 Å². The van der Waals surface area contributed by atoms with E-state index in [1.165, 1.54) is 19.2 Å². The van der Waals surface area contributed by atoms with Crippen molar-refractivity contribution in [3.8, 4) is 0 Å². The van der Waals surface area contributed by atoms with E-state index in [4.69, 9.17) is 0 Å². The molecule has 0 saturated carbocycles. The summed E-state index contributed by atoms with van der Waals surface area (Å²) in [5.41, 5.74) is -0.0218. The Kier molecular flexibility index (Phi) is 4.30. The van der Waals surface area contributed by atoms with Gasteiger partial charge in [0.25, 0.3) is 0 Å². The molecule has 0 aromatic heterocycles. The van der Waals surface area contributed by atoms with Gasteiger partial charge in [0.15, 0.2) is 6.29 Å². The zero-order chi connectivity index (χ0) is 11.3. The first kappa shape index (κ1) is 11.7. The zero-order valence-electron chi connectivity index (χ0n) is 8.03. The van der Waals surface area contributed by atoms with Gasteiger partial charge in [-0.2, -0.15) is 0 Å². The number of hydrogen-bond acceptors (Lipinski definition) is 4. The van der Waals surface area contributed by atoms with Crippen molar-refractivity contribution in [2.75, 3.05) is 12.9 Å². The summed E-state index contributed by atoms with van der Waals surface area (Å²) in [6.07, 6.45) is 0.439. The second-order valence-electron chi connectivity index (χ2n) is 2.63. The van der Waals surface area contributed by atoms with Gasteiger partial charge in [0.1, 0.15) is 5.82 Å². The molecule has 5 heteroatoms. The molecule has 0 radical (unpaired) electrons. The lowest BCUT2D eigenvalue weighted by Crippen LogP contribution is -2.03. The molecule has 0 unspecified atom stereocenters. The average Bonchev–Trinajstić information content (AvgIpc) is 2.25. The fraction of sp³-hybridized carbons (Fsp3) is 0.200. The Morgan fingerprint density at radius 3 is 2.93 bits per heavy atom. The lowest BCUT2D eigenvalue weighted by atomic mass is 10.2. The Morgan fingerprint density at radius 2 is 2.33 bits per heavy atom. The first-order valence-electron chi connectivity index (χ1n) is 4.12. The maximum Gasteiger partial charge on any atom is 0.315 e. The Morgan fingerprint density at radius 1 is 1.60 bits per heavy atom. The minimum Gasteiger partial charge on any atom is -0.468 e. The number of carbonyl (C=O) groups excluding carboxylic acids is 2. The molecule has 3 nitrogen and oxygen atoms in total. The summed E-state index contributed by atoms with van der Waals surface area (Å²) in [5.74, 6) is -0.943. The fourth-order valence-corrected chi connectivity index (χ4v) is 1.82. The molecule has 0 fully saturated rings. The minimum absolute atomic E-state index is 0.0218. The van der Waals surface area contributed by atoms with E-state index in [1.807, 2.05) is 0 Å². The summed E-state index contributed by atoms with van der Waals surface area (Å²) in [5, 5.41) is 0. The normalized spacial score (nSPS) is 9.73. The summed E-state index contributed by atoms with van der Waals surface area (Å²) >= 11 is 1.07. The average molecular weight is 228 g/mol. The first-order chi connectivity index (χ1) is 7.19. The van der Waals surface area contributed by atoms with Crippen LogP contribution in [0.3, 0.4) is 0 Å². The van der Waals surface area contributed by atoms with Crippen LogP contribution in [0.5, 0.6) is 0 Å². The van der Waals surface area contributed by atoms with Crippen LogP contribution in [0, 0.1) is 5.82 Å². The molecule has 0 heterocycles. The second kappa shape index (κ2) is 5.50. The largest absolute Gasteiger partial charge is 0.468 e. The molecular formula is C10H9FO3S. The van der Waals surface area contributed by atoms with Crippen molar-refractivity contribution < 1.29 is 18.7 Å². The Labute approximate surface area is 90.6 Å². The Bertz CT molecular complexity index is 379. The third kappa shape index (κ3) is 3.06. The number of halogens is 1. The van der Waals surface area contributed by atoms with Crippen LogP contribution in [0.4, 0.5) is 4.39 Å². The summed E-state index contributed by atoms with van der Waals surface area (Å²) in [6, 6.07) is 4.27. The molecule has 15 heavy (non-hydrogen) atoms. The SMILES string of the molecule is COC(=O)CSc1cccc(F)c1C=O. The van der Waals surface area contributed by atoms with Crippen LogP contribution in [0.15, 0.2) is 23.1 Å². The number of methoxy groups -OCH3 is 1. The van der Waals surface area contributed by atoms with Crippen LogP contribution in [0.2, 0.25) is 0 Å². The third-order valence-corrected chi connectivity index (χ3v) is 2.75. The van der Waals surface area contributed by atoms with E-state index < -0.39 is 11.8 Å². The van der Waals surface area contributed by atoms with Gasteiger partial charge in [-0.1, -0.05) is 6.07 Å². The van der Waals surface area contributed by atoms with Crippen LogP contribution < -0.4 is 0 Å². The van der Waals surface area contributed by atoms with Crippen LogP contribution in [0.1, 0.15) is 10.4 Å². The topological polar surface area (TPSA) is 43.4 Å². The molecule has 1 aromatic carbocycles. The summed E-state index contributed by atoms with van der Waals surface area (Å²) < 4.78 is 17.5. The number of aldehydes is 1. The monoisotopic (exact) mass is 228 g/mol. The lowest BCUT2D eigenvalue weighted by Gasteiger charge is -2.03. The molecule has 0 atom stereocenters. The maximum absolute atomic E-state index is 13.1. The van der Waals surface area contributed by atoms with Crippen molar-refractivity contribution in [3.63, 3.8) is 0 Å². The van der Waals surface area contributed by atoms with E-state index in [0.29, 0.717) is 11.2 Å². The molecule has 0 bridgehead atoms. The second-order valence-corrected chi connectivity index (χ2v) is 3.65. The highest BCUT2D eigenvalue weighted by Crippen LogP contribution is 2.23. The first-order valence-corrected chi connectivity index (χ1v) is 5.11. The van der Waals surface area contributed by atoms with E-state index in [-0.39, 0.29) is 11.3 Å². The number of esters is 1. The molecule has 0 saturated heterocycles. The van der Waals surface area contributed by atoms with E-state index in [1.54, 1.807) is 6.07 Å². The molecule has 0 aliphatic carbocycles. The van der Waals surface area contributed by atoms with Gasteiger partial charge in [-0.25, -0.2) is 4.39 Å². The molecule has 80 valence electrons. The quantitative estimate of drug-likeness (QED) is 0.448. The van der Waals surface area contributed by atoms with Crippen LogP contribution in [-0.4, -0.2) is 25.1 Å². The van der Waals surface area contributed by atoms with Crippen LogP contribution in [0.25, 0.3) is 0 Å². The van der Waals surface area contributed by atoms with E-state index >= 15 is 0 Å². The highest BCUT2D eigenvalue weighted by Gasteiger charge is 2.09. The smallest absolute Gasteiger partial charge is 0.315 e. The van der Waals surface area contributed by atoms with Gasteiger partial charge in [-0.15, -0.1) is 11.8 Å². The van der Waals surface area contributed by atoms with E-state index in [2.05, 4.69) is 4.74 Å². The molecule has 1 rings (SSSR count). The maximum atomic E-state index is 13.1. The molecule has 0 aliphatic heterocycles. The number of ether oxygens (including phenoxy) is 1. The molecular weight excluding hydrogens is 219 g/mol. The Balaban J connectivity index is 2.80. The standard InChI is InChI=1S/C10H9FO3S/c1-14-10(13)6-15-9-4-2-3-8(11)7(9)5-12/h2-5H,6H2,1H3. The van der Waals surface area contributed by atoms with Gasteiger partial charge >= 0.3 is 5.97 Å². The van der Waals surface area contributed by atoms with Crippen LogP contribution >= 0.6 is 11.8 Å². The van der Waals surface area contributed by atoms with Gasteiger partial charge in [0.05, 0.1) is 18.4 Å². The van der Waals surface area contributed by atoms with Crippen molar-refractivity contribution in [2.45, 2.75) is 4.90 Å². The summed E-state index contributed by atoms with van der Waals surface area (Å²) in [7, 11) is 1.27. The van der Waals surface area contributed by atoms with Gasteiger partial charge < -0.3 is 4.74 Å². The van der Waals surface area contributed by atoms with E-state index in [0.717, 1.165) is 11.8 Å². The predicted molar refractivity (Wildman–Crippen MR) is 54.5 cm³/mol. The number of carbonyl (C=O) groups is 2. The van der Waals surface area contributed by atoms with Crippen molar-refractivity contribution in [1.29, 1.82) is 0 Å². The fourth-order valence-electron chi connectivity index (χ4n) is 0.953. The zero-order valence-corrected chi connectivity index (χ0v) is 8.84. The number of thioether (sulfide) groups is 1. The van der Waals surface area contributed by atoms with Gasteiger partial charge in [-0.05, 0) is 12.1 Å². The third-order valence-electron chi connectivity index (χ3n) is 1.70. The highest BCUT2D eigenvalue weighted by atomic mass is 32.2. The Hall–Kier alpha value is -1.36. The number of benzene rings is 1. The minimum atomic E-state index is -0.583. The highest BCUT2D eigenvalue weighted by molar-refractivity contribution is 8.00.